The number of halogens is 1. The van der Waals surface area contributed by atoms with Gasteiger partial charge in [-0.1, -0.05) is 13.8 Å². The van der Waals surface area contributed by atoms with Crippen LogP contribution in [0.5, 0.6) is 5.75 Å². The number of nitrogens with zero attached hydrogens (tertiary/aromatic N) is 1. The van der Waals surface area contributed by atoms with Gasteiger partial charge < -0.3 is 15.8 Å². The Kier molecular flexibility index (Phi) is 7.86. The van der Waals surface area contributed by atoms with Crippen molar-refractivity contribution in [3.63, 3.8) is 0 Å². The third kappa shape index (κ3) is 5.17. The van der Waals surface area contributed by atoms with Gasteiger partial charge in [0.1, 0.15) is 10.8 Å². The Hall–Kier alpha value is -1.63. The quantitative estimate of drug-likeness (QED) is 0.797. The minimum atomic E-state index is -0.498. The second kappa shape index (κ2) is 9.17. The molecule has 0 bridgehead atoms. The van der Waals surface area contributed by atoms with E-state index in [0.717, 1.165) is 26.9 Å². The maximum absolute atomic E-state index is 12.2. The third-order valence-electron chi connectivity index (χ3n) is 3.94. The van der Waals surface area contributed by atoms with Crippen molar-refractivity contribution < 1.29 is 9.53 Å². The molecule has 1 heterocycles. The summed E-state index contributed by atoms with van der Waals surface area (Å²) in [5, 5.41) is 3.92. The Bertz CT molecular complexity index is 701. The Morgan fingerprint density at radius 3 is 2.36 bits per heavy atom. The molecule has 3 N–H and O–H groups in total. The van der Waals surface area contributed by atoms with E-state index in [1.165, 1.54) is 0 Å². The number of thiazole rings is 1. The topological polar surface area (TPSA) is 77.2 Å². The molecule has 2 aromatic rings. The fourth-order valence-corrected chi connectivity index (χ4v) is 3.42. The number of ether oxygens (including phenoxy) is 1. The maximum Gasteiger partial charge on any atom is 0.237 e. The average Bonchev–Trinajstić information content (AvgIpc) is 2.95. The molecule has 0 aliphatic heterocycles. The second-order valence-electron chi connectivity index (χ2n) is 6.20. The summed E-state index contributed by atoms with van der Waals surface area (Å²) in [6.45, 7) is 7.80. The zero-order valence-corrected chi connectivity index (χ0v) is 16.8. The van der Waals surface area contributed by atoms with E-state index in [4.69, 9.17) is 10.5 Å². The molecule has 0 radical (unpaired) electrons. The van der Waals surface area contributed by atoms with Crippen LogP contribution in [-0.4, -0.2) is 24.0 Å². The highest BCUT2D eigenvalue weighted by Gasteiger charge is 2.22. The number of methoxy groups -OCH3 is 1. The molecule has 1 aromatic heterocycles. The van der Waals surface area contributed by atoms with Crippen LogP contribution in [0.25, 0.3) is 10.6 Å². The molecule has 1 aromatic carbocycles. The van der Waals surface area contributed by atoms with Crippen LogP contribution in [0.2, 0.25) is 0 Å². The molecule has 0 spiro atoms. The molecule has 0 fully saturated rings. The van der Waals surface area contributed by atoms with Gasteiger partial charge in [-0.25, -0.2) is 4.98 Å². The van der Waals surface area contributed by atoms with Crippen molar-refractivity contribution in [3.05, 3.63) is 34.8 Å². The summed E-state index contributed by atoms with van der Waals surface area (Å²) in [5.74, 6) is 0.793. The van der Waals surface area contributed by atoms with Crippen LogP contribution in [0.3, 0.4) is 0 Å². The minimum absolute atomic E-state index is 0. The highest BCUT2D eigenvalue weighted by Crippen LogP contribution is 2.32. The molecule has 0 aliphatic carbocycles. The van der Waals surface area contributed by atoms with E-state index in [9.17, 15) is 4.79 Å². The van der Waals surface area contributed by atoms with Crippen molar-refractivity contribution in [2.45, 2.75) is 39.8 Å². The Balaban J connectivity index is 0.00000312. The highest BCUT2D eigenvalue weighted by atomic mass is 35.5. The van der Waals surface area contributed by atoms with Gasteiger partial charge >= 0.3 is 0 Å². The van der Waals surface area contributed by atoms with E-state index in [-0.39, 0.29) is 30.3 Å². The Morgan fingerprint density at radius 2 is 1.84 bits per heavy atom. The number of aryl methyl sites for hydroxylation is 1. The molecule has 2 rings (SSSR count). The number of rotatable bonds is 6. The summed E-state index contributed by atoms with van der Waals surface area (Å²) < 4.78 is 5.18. The van der Waals surface area contributed by atoms with Crippen molar-refractivity contribution in [2.75, 3.05) is 7.11 Å². The zero-order chi connectivity index (χ0) is 17.9. The Labute approximate surface area is 159 Å². The normalized spacial score (nSPS) is 13.1. The van der Waals surface area contributed by atoms with E-state index in [1.54, 1.807) is 18.4 Å². The third-order valence-corrected chi connectivity index (χ3v) is 5.33. The zero-order valence-electron chi connectivity index (χ0n) is 15.2. The lowest BCUT2D eigenvalue weighted by Gasteiger charge is -2.19. The first-order chi connectivity index (χ1) is 11.3. The standard InChI is InChI=1S/C18H25N3O2S.ClH/c1-10(2)15(19)17(22)20-11(3)16-12(4)21-18(24-16)13-6-8-14(23-5)9-7-13;/h6-11,15H,19H2,1-5H3,(H,20,22);1H/t11?,15-;/m0./s1. The van der Waals surface area contributed by atoms with Crippen molar-refractivity contribution in [1.29, 1.82) is 0 Å². The summed E-state index contributed by atoms with van der Waals surface area (Å²) >= 11 is 1.59. The van der Waals surface area contributed by atoms with Crippen LogP contribution in [0.4, 0.5) is 0 Å². The smallest absolute Gasteiger partial charge is 0.237 e. The van der Waals surface area contributed by atoms with Crippen molar-refractivity contribution in [3.8, 4) is 16.3 Å². The molecule has 1 unspecified atom stereocenters. The van der Waals surface area contributed by atoms with Crippen molar-refractivity contribution in [2.24, 2.45) is 11.7 Å². The van der Waals surface area contributed by atoms with Gasteiger partial charge in [-0.05, 0) is 44.0 Å². The van der Waals surface area contributed by atoms with Gasteiger partial charge in [-0.2, -0.15) is 0 Å². The van der Waals surface area contributed by atoms with Gasteiger partial charge in [0.25, 0.3) is 0 Å². The molecule has 0 saturated carbocycles. The monoisotopic (exact) mass is 383 g/mol. The van der Waals surface area contributed by atoms with Crippen molar-refractivity contribution in [1.82, 2.24) is 10.3 Å². The molecule has 138 valence electrons. The summed E-state index contributed by atoms with van der Waals surface area (Å²) in [4.78, 5) is 17.8. The van der Waals surface area contributed by atoms with Crippen LogP contribution in [-0.2, 0) is 4.79 Å². The number of hydrogen-bond donors (Lipinski definition) is 2. The fourth-order valence-electron chi connectivity index (χ4n) is 2.34. The largest absolute Gasteiger partial charge is 0.497 e. The molecule has 25 heavy (non-hydrogen) atoms. The predicted octanol–water partition coefficient (Wildman–Crippen LogP) is 3.71. The number of carbonyl (C=O) groups excluding carboxylic acids is 1. The molecular weight excluding hydrogens is 358 g/mol. The average molecular weight is 384 g/mol. The van der Waals surface area contributed by atoms with Gasteiger partial charge in [-0.3, -0.25) is 4.79 Å². The van der Waals surface area contributed by atoms with E-state index in [0.29, 0.717) is 0 Å². The second-order valence-corrected chi connectivity index (χ2v) is 7.23. The summed E-state index contributed by atoms with van der Waals surface area (Å²) in [5.41, 5.74) is 7.87. The lowest BCUT2D eigenvalue weighted by atomic mass is 10.0. The molecule has 1 amide bonds. The summed E-state index contributed by atoms with van der Waals surface area (Å²) in [6, 6.07) is 7.18. The van der Waals surface area contributed by atoms with Gasteiger partial charge in [-0.15, -0.1) is 23.7 Å². The number of benzene rings is 1. The van der Waals surface area contributed by atoms with Gasteiger partial charge in [0.2, 0.25) is 5.91 Å². The highest BCUT2D eigenvalue weighted by molar-refractivity contribution is 7.15. The number of hydrogen-bond acceptors (Lipinski definition) is 5. The van der Waals surface area contributed by atoms with Crippen LogP contribution >= 0.6 is 23.7 Å². The lowest BCUT2D eigenvalue weighted by molar-refractivity contribution is -0.123. The number of carbonyl (C=O) groups is 1. The van der Waals surface area contributed by atoms with Crippen LogP contribution < -0.4 is 15.8 Å². The van der Waals surface area contributed by atoms with E-state index < -0.39 is 6.04 Å². The molecule has 5 nitrogen and oxygen atoms in total. The molecule has 0 saturated heterocycles. The predicted molar refractivity (Wildman–Crippen MR) is 105 cm³/mol. The summed E-state index contributed by atoms with van der Waals surface area (Å²) in [7, 11) is 1.65. The van der Waals surface area contributed by atoms with Crippen LogP contribution in [0.1, 0.15) is 37.4 Å². The lowest BCUT2D eigenvalue weighted by Crippen LogP contribution is -2.44. The van der Waals surface area contributed by atoms with Crippen LogP contribution in [0, 0.1) is 12.8 Å². The first-order valence-corrected chi connectivity index (χ1v) is 8.82. The van der Waals surface area contributed by atoms with E-state index in [2.05, 4.69) is 10.3 Å². The van der Waals surface area contributed by atoms with Gasteiger partial charge in [0.05, 0.1) is 29.8 Å². The van der Waals surface area contributed by atoms with Gasteiger partial charge in [0.15, 0.2) is 0 Å². The van der Waals surface area contributed by atoms with E-state index in [1.807, 2.05) is 52.0 Å². The first-order valence-electron chi connectivity index (χ1n) is 8.01. The Morgan fingerprint density at radius 1 is 1.24 bits per heavy atom. The maximum atomic E-state index is 12.2. The fraction of sp³-hybridized carbons (Fsp3) is 0.444. The molecular formula is C18H26ClN3O2S. The number of nitrogens with one attached hydrogen (secondary N) is 1. The molecule has 0 aliphatic rings. The molecule has 2 atom stereocenters. The summed E-state index contributed by atoms with van der Waals surface area (Å²) in [6.07, 6.45) is 0. The van der Waals surface area contributed by atoms with E-state index >= 15 is 0 Å². The first kappa shape index (κ1) is 21.4. The number of aromatic nitrogens is 1. The number of amides is 1. The minimum Gasteiger partial charge on any atom is -0.497 e. The SMILES string of the molecule is COc1ccc(-c2nc(C)c(C(C)NC(=O)[C@@H](N)C(C)C)s2)cc1.Cl. The number of nitrogens with two attached hydrogens (primary N) is 1. The van der Waals surface area contributed by atoms with Crippen LogP contribution in [0.15, 0.2) is 24.3 Å². The molecule has 7 heteroatoms. The van der Waals surface area contributed by atoms with Gasteiger partial charge in [0, 0.05) is 5.56 Å². The van der Waals surface area contributed by atoms with Crippen molar-refractivity contribution >= 4 is 29.7 Å².